The van der Waals surface area contributed by atoms with Gasteiger partial charge in [-0.25, -0.2) is 4.79 Å². The van der Waals surface area contributed by atoms with Gasteiger partial charge in [0.15, 0.2) is 0 Å². The van der Waals surface area contributed by atoms with Crippen LogP contribution in [0.1, 0.15) is 18.1 Å². The molecule has 0 spiro atoms. The number of aromatic amines is 1. The maximum atomic E-state index is 12.6. The molecule has 1 aromatic carbocycles. The Bertz CT molecular complexity index is 933. The lowest BCUT2D eigenvalue weighted by atomic mass is 10.2. The molecule has 0 radical (unpaired) electrons. The minimum absolute atomic E-state index is 0.0957. The molecule has 3 N–H and O–H groups in total. The number of hydrogen-bond acceptors (Lipinski definition) is 6. The van der Waals surface area contributed by atoms with Crippen molar-refractivity contribution in [1.82, 2.24) is 14.5 Å². The molecule has 150 valence electrons. The number of rotatable bonds is 8. The zero-order valence-corrected chi connectivity index (χ0v) is 15.9. The average Bonchev–Trinajstić information content (AvgIpc) is 2.64. The number of hydrogen-bond donors (Lipinski definition) is 2. The summed E-state index contributed by atoms with van der Waals surface area (Å²) >= 11 is 0. The van der Waals surface area contributed by atoms with E-state index in [4.69, 9.17) is 10.5 Å². The number of amides is 1. The van der Waals surface area contributed by atoms with E-state index in [0.29, 0.717) is 5.56 Å². The Morgan fingerprint density at radius 2 is 1.93 bits per heavy atom. The zero-order valence-electron chi connectivity index (χ0n) is 15.9. The second-order valence-corrected chi connectivity index (χ2v) is 6.60. The first kappa shape index (κ1) is 21.1. The van der Waals surface area contributed by atoms with Gasteiger partial charge in [0.05, 0.1) is 0 Å². The Labute approximate surface area is 161 Å². The fourth-order valence-corrected chi connectivity index (χ4v) is 2.52. The van der Waals surface area contributed by atoms with E-state index in [2.05, 4.69) is 4.98 Å². The largest absolute Gasteiger partial charge is 0.459 e. The van der Waals surface area contributed by atoms with Gasteiger partial charge in [-0.2, -0.15) is 0 Å². The molecular weight excluding hydrogens is 364 g/mol. The Kier molecular flexibility index (Phi) is 7.28. The van der Waals surface area contributed by atoms with Crippen molar-refractivity contribution >= 4 is 11.9 Å². The highest BCUT2D eigenvalue weighted by Crippen LogP contribution is 2.02. The lowest BCUT2D eigenvalue weighted by molar-refractivity contribution is -0.150. The van der Waals surface area contributed by atoms with Crippen molar-refractivity contribution in [2.45, 2.75) is 33.0 Å². The number of carbonyl (C=O) groups is 2. The van der Waals surface area contributed by atoms with Crippen LogP contribution in [0.5, 0.6) is 0 Å². The van der Waals surface area contributed by atoms with Gasteiger partial charge >= 0.3 is 11.7 Å². The smallest absolute Gasteiger partial charge is 0.328 e. The van der Waals surface area contributed by atoms with Crippen molar-refractivity contribution in [3.63, 3.8) is 0 Å². The van der Waals surface area contributed by atoms with E-state index in [9.17, 15) is 19.2 Å². The maximum absolute atomic E-state index is 12.6. The molecule has 28 heavy (non-hydrogen) atoms. The third kappa shape index (κ3) is 6.20. The van der Waals surface area contributed by atoms with Crippen LogP contribution < -0.4 is 17.0 Å². The molecule has 2 rings (SSSR count). The van der Waals surface area contributed by atoms with Crippen LogP contribution in [-0.2, 0) is 27.5 Å². The lowest BCUT2D eigenvalue weighted by Crippen LogP contribution is -2.45. The number of esters is 1. The van der Waals surface area contributed by atoms with Crippen molar-refractivity contribution in [1.29, 1.82) is 0 Å². The standard InChI is InChI=1S/C19H24N4O5/c1-13-8-23(19(27)21-18(13)26)10-16(24)22(9-14(2)20)11-17(25)28-12-15-6-4-3-5-7-15/h3-8,14H,9-12,20H2,1-2H3,(H,21,26,27)/t14-/m0/s1. The fourth-order valence-electron chi connectivity index (χ4n) is 2.52. The first-order valence-corrected chi connectivity index (χ1v) is 8.79. The number of nitrogens with zero attached hydrogens (tertiary/aromatic N) is 2. The van der Waals surface area contributed by atoms with Crippen molar-refractivity contribution in [3.05, 3.63) is 68.5 Å². The topological polar surface area (TPSA) is 127 Å². The zero-order chi connectivity index (χ0) is 20.7. The van der Waals surface area contributed by atoms with Crippen LogP contribution in [0, 0.1) is 6.92 Å². The summed E-state index contributed by atoms with van der Waals surface area (Å²) in [4.78, 5) is 51.5. The predicted molar refractivity (Wildman–Crippen MR) is 103 cm³/mol. The van der Waals surface area contributed by atoms with E-state index in [-0.39, 0.29) is 32.3 Å². The normalized spacial score (nSPS) is 11.7. The molecule has 0 bridgehead atoms. The van der Waals surface area contributed by atoms with E-state index >= 15 is 0 Å². The van der Waals surface area contributed by atoms with Gasteiger partial charge in [0.1, 0.15) is 19.7 Å². The summed E-state index contributed by atoms with van der Waals surface area (Å²) < 4.78 is 6.30. The third-order valence-corrected chi connectivity index (χ3v) is 3.92. The summed E-state index contributed by atoms with van der Waals surface area (Å²) in [6.07, 6.45) is 1.30. The molecule has 0 saturated heterocycles. The Hall–Kier alpha value is -3.20. The van der Waals surface area contributed by atoms with Crippen LogP contribution >= 0.6 is 0 Å². The van der Waals surface area contributed by atoms with Crippen LogP contribution in [-0.4, -0.2) is 45.5 Å². The Balaban J connectivity index is 2.04. The summed E-state index contributed by atoms with van der Waals surface area (Å²) in [5, 5.41) is 0. The molecule has 1 amide bonds. The molecule has 1 atom stereocenters. The van der Waals surface area contributed by atoms with E-state index in [1.807, 2.05) is 30.3 Å². The third-order valence-electron chi connectivity index (χ3n) is 3.92. The highest BCUT2D eigenvalue weighted by molar-refractivity contribution is 5.82. The highest BCUT2D eigenvalue weighted by atomic mass is 16.5. The van der Waals surface area contributed by atoms with Gasteiger partial charge in [-0.1, -0.05) is 30.3 Å². The summed E-state index contributed by atoms with van der Waals surface area (Å²) in [7, 11) is 0. The second kappa shape index (κ2) is 9.65. The van der Waals surface area contributed by atoms with Gasteiger partial charge in [0.25, 0.3) is 5.56 Å². The molecule has 0 aliphatic carbocycles. The summed E-state index contributed by atoms with van der Waals surface area (Å²) in [6.45, 7) is 2.83. The molecule has 0 unspecified atom stereocenters. The Morgan fingerprint density at radius 3 is 2.57 bits per heavy atom. The molecule has 9 heteroatoms. The molecule has 2 aromatic rings. The second-order valence-electron chi connectivity index (χ2n) is 6.60. The predicted octanol–water partition coefficient (Wildman–Crippen LogP) is -0.236. The SMILES string of the molecule is Cc1cn(CC(=O)N(CC(=O)OCc2ccccc2)C[C@H](C)N)c(=O)[nH]c1=O. The van der Waals surface area contributed by atoms with Crippen LogP contribution in [0.3, 0.4) is 0 Å². The average molecular weight is 388 g/mol. The monoisotopic (exact) mass is 388 g/mol. The molecule has 0 aliphatic heterocycles. The lowest BCUT2D eigenvalue weighted by Gasteiger charge is -2.24. The van der Waals surface area contributed by atoms with Crippen molar-refractivity contribution < 1.29 is 14.3 Å². The number of aromatic nitrogens is 2. The molecule has 9 nitrogen and oxygen atoms in total. The molecule has 1 aromatic heterocycles. The number of carbonyl (C=O) groups excluding carboxylic acids is 2. The number of ether oxygens (including phenoxy) is 1. The number of nitrogens with one attached hydrogen (secondary N) is 1. The number of aryl methyl sites for hydroxylation is 1. The van der Waals surface area contributed by atoms with Crippen molar-refractivity contribution in [3.8, 4) is 0 Å². The van der Waals surface area contributed by atoms with Crippen molar-refractivity contribution in [2.24, 2.45) is 5.73 Å². The van der Waals surface area contributed by atoms with E-state index < -0.39 is 23.1 Å². The van der Waals surface area contributed by atoms with Gasteiger partial charge in [-0.3, -0.25) is 23.9 Å². The number of benzene rings is 1. The highest BCUT2D eigenvalue weighted by Gasteiger charge is 2.20. The van der Waals surface area contributed by atoms with Gasteiger partial charge in [0, 0.05) is 24.3 Å². The number of H-pyrrole nitrogens is 1. The first-order valence-electron chi connectivity index (χ1n) is 8.79. The molecule has 1 heterocycles. The minimum Gasteiger partial charge on any atom is -0.459 e. The Morgan fingerprint density at radius 1 is 1.25 bits per heavy atom. The maximum Gasteiger partial charge on any atom is 0.328 e. The van der Waals surface area contributed by atoms with Crippen molar-refractivity contribution in [2.75, 3.05) is 13.1 Å². The van der Waals surface area contributed by atoms with Gasteiger partial charge in [0.2, 0.25) is 5.91 Å². The van der Waals surface area contributed by atoms with Gasteiger partial charge < -0.3 is 15.4 Å². The molecular formula is C19H24N4O5. The summed E-state index contributed by atoms with van der Waals surface area (Å²) in [6, 6.07) is 8.79. The van der Waals surface area contributed by atoms with Crippen LogP contribution in [0.15, 0.2) is 46.1 Å². The molecule has 0 fully saturated rings. The van der Waals surface area contributed by atoms with Gasteiger partial charge in [-0.05, 0) is 19.4 Å². The summed E-state index contributed by atoms with van der Waals surface area (Å²) in [5.74, 6) is -1.06. The van der Waals surface area contributed by atoms with Crippen LogP contribution in [0.4, 0.5) is 0 Å². The molecule has 0 saturated carbocycles. The molecule has 0 aliphatic rings. The minimum atomic E-state index is -0.698. The van der Waals surface area contributed by atoms with E-state index in [1.54, 1.807) is 6.92 Å². The fraction of sp³-hybridized carbons (Fsp3) is 0.368. The van der Waals surface area contributed by atoms with Gasteiger partial charge in [-0.15, -0.1) is 0 Å². The van der Waals surface area contributed by atoms with Crippen LogP contribution in [0.25, 0.3) is 0 Å². The number of nitrogens with two attached hydrogens (primary N) is 1. The first-order chi connectivity index (χ1) is 13.3. The van der Waals surface area contributed by atoms with Crippen LogP contribution in [0.2, 0.25) is 0 Å². The quantitative estimate of drug-likeness (QED) is 0.601. The van der Waals surface area contributed by atoms with E-state index in [0.717, 1.165) is 10.1 Å². The van der Waals surface area contributed by atoms with E-state index in [1.165, 1.54) is 18.0 Å². The summed E-state index contributed by atoms with van der Waals surface area (Å²) in [5.41, 5.74) is 5.70.